The van der Waals surface area contributed by atoms with E-state index in [1.54, 1.807) is 0 Å². The Kier molecular flexibility index (Phi) is 11.8. The van der Waals surface area contributed by atoms with Gasteiger partial charge in [-0.3, -0.25) is 9.78 Å². The van der Waals surface area contributed by atoms with Crippen molar-refractivity contribution < 1.29 is 18.8 Å². The van der Waals surface area contributed by atoms with E-state index in [2.05, 4.69) is 64.1 Å². The van der Waals surface area contributed by atoms with Gasteiger partial charge in [-0.05, 0) is 69.3 Å². The molecule has 3 rings (SSSR count). The zero-order valence-electron chi connectivity index (χ0n) is 28.3. The summed E-state index contributed by atoms with van der Waals surface area (Å²) in [5.74, 6) is 0.541. The highest BCUT2D eigenvalue weighted by molar-refractivity contribution is 6.73. The first-order chi connectivity index (χ1) is 20.6. The molecular weight excluding hydrogens is 574 g/mol. The number of hydrogen-bond acceptors (Lipinski definition) is 9. The second-order valence-corrected chi connectivity index (χ2v) is 18.1. The van der Waals surface area contributed by atoms with Crippen LogP contribution in [-0.2, 0) is 9.16 Å². The molecule has 2 aromatic heterocycles. The Morgan fingerprint density at radius 2 is 1.61 bits per heavy atom. The van der Waals surface area contributed by atoms with Gasteiger partial charge >= 0.3 is 6.09 Å². The van der Waals surface area contributed by atoms with Crippen molar-refractivity contribution in [1.82, 2.24) is 20.3 Å². The average Bonchev–Trinajstić information content (AvgIpc) is 2.94. The number of anilines is 3. The first-order valence-electron chi connectivity index (χ1n) is 16.0. The smallest absolute Gasteiger partial charge is 0.407 e. The fourth-order valence-corrected chi connectivity index (χ4v) is 8.29. The van der Waals surface area contributed by atoms with Crippen LogP contribution >= 0.6 is 0 Å². The van der Waals surface area contributed by atoms with Crippen molar-refractivity contribution in [3.63, 3.8) is 0 Å². The molecule has 0 unspecified atom stereocenters. The number of amides is 2. The summed E-state index contributed by atoms with van der Waals surface area (Å²) in [6, 6.07) is 6.74. The summed E-state index contributed by atoms with van der Waals surface area (Å²) in [7, 11) is -1.95. The predicted molar refractivity (Wildman–Crippen MR) is 178 cm³/mol. The van der Waals surface area contributed by atoms with Gasteiger partial charge in [-0.1, -0.05) is 48.5 Å². The third kappa shape index (κ3) is 9.37. The number of ether oxygens (including phenoxy) is 1. The Morgan fingerprint density at radius 3 is 2.11 bits per heavy atom. The van der Waals surface area contributed by atoms with Crippen molar-refractivity contribution in [2.24, 2.45) is 5.73 Å². The van der Waals surface area contributed by atoms with E-state index in [9.17, 15) is 9.59 Å². The molecule has 3 heterocycles. The van der Waals surface area contributed by atoms with E-state index in [0.717, 1.165) is 35.2 Å². The van der Waals surface area contributed by atoms with Crippen LogP contribution in [0.15, 0.2) is 18.3 Å². The number of primary amides is 1. The predicted octanol–water partition coefficient (Wildman–Crippen LogP) is 6.45. The quantitative estimate of drug-likeness (QED) is 0.226. The highest BCUT2D eigenvalue weighted by atomic mass is 28.4. The van der Waals surface area contributed by atoms with Gasteiger partial charge in [0.2, 0.25) is 5.95 Å². The van der Waals surface area contributed by atoms with E-state index in [0.29, 0.717) is 31.3 Å². The van der Waals surface area contributed by atoms with Crippen LogP contribution < -0.4 is 21.3 Å². The summed E-state index contributed by atoms with van der Waals surface area (Å²) >= 11 is 0. The monoisotopic (exact) mass is 627 g/mol. The van der Waals surface area contributed by atoms with Crippen LogP contribution in [0.3, 0.4) is 0 Å². The molecular formula is C32H53N7O4Si. The van der Waals surface area contributed by atoms with E-state index in [-0.39, 0.29) is 29.5 Å². The second-order valence-electron chi connectivity index (χ2n) is 13.4. The Hall–Kier alpha value is -3.25. The molecule has 11 nitrogen and oxygen atoms in total. The number of pyridine rings is 1. The van der Waals surface area contributed by atoms with Crippen LogP contribution in [0.1, 0.15) is 109 Å². The topological polar surface area (TPSA) is 145 Å². The standard InChI is InChI=1S/C32H53N7O4Si/c1-11-44(12-2,13-3)43-24-14-23(36-31(41)42-32(8,9)10)18-39(19-24)30-34-17-25(28(33)40)29(38-30)35-22-15-26(20(4)5)37-27(16-22)21(6)7/h15-17,20-21,23-24H,11-14,18-19H2,1-10H3,(H2,33,40)(H,36,41)(H,34,35,37,38)/t23-,24+/m0/s1. The molecule has 0 aliphatic carbocycles. The zero-order chi connectivity index (χ0) is 32.8. The minimum absolute atomic E-state index is 0.131. The van der Waals surface area contributed by atoms with Crippen LogP contribution in [0, 0.1) is 0 Å². The van der Waals surface area contributed by atoms with Crippen molar-refractivity contribution in [2.75, 3.05) is 23.3 Å². The Balaban J connectivity index is 1.99. The van der Waals surface area contributed by atoms with Gasteiger partial charge < -0.3 is 30.4 Å². The van der Waals surface area contributed by atoms with Gasteiger partial charge in [-0.2, -0.15) is 4.98 Å². The molecule has 0 saturated carbocycles. The van der Waals surface area contributed by atoms with Crippen LogP contribution in [0.2, 0.25) is 18.1 Å². The molecule has 0 radical (unpaired) electrons. The highest BCUT2D eigenvalue weighted by Crippen LogP contribution is 2.30. The van der Waals surface area contributed by atoms with Gasteiger partial charge in [0, 0.05) is 36.4 Å². The van der Waals surface area contributed by atoms with Crippen molar-refractivity contribution in [2.45, 2.75) is 123 Å². The summed E-state index contributed by atoms with van der Waals surface area (Å²) in [6.45, 7) is 21.5. The molecule has 0 spiro atoms. The summed E-state index contributed by atoms with van der Waals surface area (Å²) in [6.07, 6.45) is 1.51. The van der Waals surface area contributed by atoms with Gasteiger partial charge in [-0.15, -0.1) is 0 Å². The normalized spacial score (nSPS) is 17.6. The molecule has 2 amide bonds. The largest absolute Gasteiger partial charge is 0.444 e. The number of nitrogens with one attached hydrogen (secondary N) is 2. The molecule has 2 aromatic rings. The van der Waals surface area contributed by atoms with Gasteiger partial charge in [0.15, 0.2) is 8.32 Å². The fourth-order valence-electron chi connectivity index (χ4n) is 5.41. The Morgan fingerprint density at radius 1 is 1.02 bits per heavy atom. The summed E-state index contributed by atoms with van der Waals surface area (Å²) < 4.78 is 12.5. The molecule has 1 aliphatic heterocycles. The minimum Gasteiger partial charge on any atom is -0.444 e. The fraction of sp³-hybridized carbons (Fsp3) is 0.656. The lowest BCUT2D eigenvalue weighted by atomic mass is 10.0. The maximum Gasteiger partial charge on any atom is 0.407 e. The van der Waals surface area contributed by atoms with E-state index < -0.39 is 25.9 Å². The minimum atomic E-state index is -1.95. The van der Waals surface area contributed by atoms with Gasteiger partial charge in [0.25, 0.3) is 5.91 Å². The molecule has 1 aliphatic rings. The maximum absolute atomic E-state index is 12.8. The maximum atomic E-state index is 12.8. The number of aromatic nitrogens is 3. The van der Waals surface area contributed by atoms with E-state index in [4.69, 9.17) is 24.9 Å². The lowest BCUT2D eigenvalue weighted by Crippen LogP contribution is -2.56. The third-order valence-electron chi connectivity index (χ3n) is 8.12. The van der Waals surface area contributed by atoms with Gasteiger partial charge in [0.05, 0.1) is 12.1 Å². The molecule has 4 N–H and O–H groups in total. The second kappa shape index (κ2) is 14.7. The van der Waals surface area contributed by atoms with Crippen molar-refractivity contribution >= 4 is 37.8 Å². The number of carbonyl (C=O) groups excluding carboxylic acids is 2. The summed E-state index contributed by atoms with van der Waals surface area (Å²) in [4.78, 5) is 41.4. The number of nitrogens with zero attached hydrogens (tertiary/aromatic N) is 4. The highest BCUT2D eigenvalue weighted by Gasteiger charge is 2.38. The van der Waals surface area contributed by atoms with Crippen molar-refractivity contribution in [3.05, 3.63) is 35.3 Å². The molecule has 2 atom stereocenters. The third-order valence-corrected chi connectivity index (χ3v) is 12.8. The van der Waals surface area contributed by atoms with Crippen LogP contribution in [-0.4, -0.2) is 66.1 Å². The lowest BCUT2D eigenvalue weighted by Gasteiger charge is -2.42. The van der Waals surface area contributed by atoms with E-state index in [1.807, 2.05) is 37.8 Å². The van der Waals surface area contributed by atoms with Crippen LogP contribution in [0.5, 0.6) is 0 Å². The molecule has 0 bridgehead atoms. The first-order valence-corrected chi connectivity index (χ1v) is 18.5. The molecule has 12 heteroatoms. The molecule has 44 heavy (non-hydrogen) atoms. The summed E-state index contributed by atoms with van der Waals surface area (Å²) in [5, 5.41) is 6.38. The number of alkyl carbamates (subject to hydrolysis) is 1. The van der Waals surface area contributed by atoms with Gasteiger partial charge in [0.1, 0.15) is 17.0 Å². The first kappa shape index (κ1) is 35.2. The van der Waals surface area contributed by atoms with Gasteiger partial charge in [-0.25, -0.2) is 9.78 Å². The molecule has 1 saturated heterocycles. The Bertz CT molecular complexity index is 1260. The SMILES string of the molecule is CC[Si](CC)(CC)O[C@@H]1C[C@H](NC(=O)OC(C)(C)C)CN(c2ncc(C(N)=O)c(Nc3cc(C(C)C)nc(C(C)C)c3)n2)C1. The summed E-state index contributed by atoms with van der Waals surface area (Å²) in [5.41, 5.74) is 7.98. The number of rotatable bonds is 12. The van der Waals surface area contributed by atoms with Crippen LogP contribution in [0.25, 0.3) is 0 Å². The molecule has 244 valence electrons. The van der Waals surface area contributed by atoms with E-state index >= 15 is 0 Å². The Labute approximate surface area is 264 Å². The lowest BCUT2D eigenvalue weighted by molar-refractivity contribution is 0.0477. The number of nitrogens with two attached hydrogens (primary N) is 1. The van der Waals surface area contributed by atoms with Crippen LogP contribution in [0.4, 0.5) is 22.2 Å². The average molecular weight is 628 g/mol. The number of carbonyl (C=O) groups is 2. The van der Waals surface area contributed by atoms with E-state index in [1.165, 1.54) is 6.20 Å². The number of piperidine rings is 1. The van der Waals surface area contributed by atoms with Crippen molar-refractivity contribution in [1.29, 1.82) is 0 Å². The number of hydrogen-bond donors (Lipinski definition) is 3. The molecule has 0 aromatic carbocycles. The molecule has 1 fully saturated rings. The van der Waals surface area contributed by atoms with Crippen molar-refractivity contribution in [3.8, 4) is 0 Å². The zero-order valence-corrected chi connectivity index (χ0v) is 29.3.